The van der Waals surface area contributed by atoms with Gasteiger partial charge in [0.05, 0.1) is 11.7 Å². The fourth-order valence-electron chi connectivity index (χ4n) is 3.95. The number of carbonyl (C=O) groups excluding carboxylic acids is 1. The summed E-state index contributed by atoms with van der Waals surface area (Å²) in [6, 6.07) is -0.0341. The zero-order valence-corrected chi connectivity index (χ0v) is 13.1. The molecule has 1 aromatic rings. The highest BCUT2D eigenvalue weighted by molar-refractivity contribution is 5.88. The third-order valence-electron chi connectivity index (χ3n) is 5.75. The molecule has 0 spiro atoms. The molecule has 1 N–H and O–H groups in total. The van der Waals surface area contributed by atoms with E-state index >= 15 is 0 Å². The standard InChI is InChI=1S/C17H21FN4O/c18-17(5-6-17)15(23)22-9-11-3-4-13(22)12-8-20-16(21-14(11)12)19-7-10-1-2-10/h8,10-11,13H,1-7,9H2,(H,19,20,21). The van der Waals surface area contributed by atoms with Crippen LogP contribution in [0.15, 0.2) is 6.20 Å². The fourth-order valence-corrected chi connectivity index (χ4v) is 3.95. The predicted molar refractivity (Wildman–Crippen MR) is 82.7 cm³/mol. The fraction of sp³-hybridized carbons (Fsp3) is 0.706. The first-order chi connectivity index (χ1) is 11.1. The Labute approximate surface area is 134 Å². The van der Waals surface area contributed by atoms with Crippen LogP contribution in [0.5, 0.6) is 0 Å². The van der Waals surface area contributed by atoms with Gasteiger partial charge in [-0.25, -0.2) is 14.4 Å². The summed E-state index contributed by atoms with van der Waals surface area (Å²) < 4.78 is 14.2. The SMILES string of the molecule is O=C(N1CC2CCC1c1cnc(NCC3CC3)nc12)C1(F)CC1. The van der Waals surface area contributed by atoms with Gasteiger partial charge in [0.1, 0.15) is 0 Å². The molecule has 1 amide bonds. The molecule has 2 unspecified atom stereocenters. The number of alkyl halides is 1. The number of hydrogen-bond donors (Lipinski definition) is 1. The van der Waals surface area contributed by atoms with Crippen molar-refractivity contribution in [2.24, 2.45) is 5.92 Å². The summed E-state index contributed by atoms with van der Waals surface area (Å²) in [5, 5.41) is 3.32. The van der Waals surface area contributed by atoms with Gasteiger partial charge in [0.15, 0.2) is 5.67 Å². The van der Waals surface area contributed by atoms with Crippen molar-refractivity contribution < 1.29 is 9.18 Å². The van der Waals surface area contributed by atoms with E-state index < -0.39 is 5.67 Å². The number of hydrogen-bond acceptors (Lipinski definition) is 4. The summed E-state index contributed by atoms with van der Waals surface area (Å²) in [5.74, 6) is 1.39. The lowest BCUT2D eigenvalue weighted by molar-refractivity contribution is -0.143. The van der Waals surface area contributed by atoms with Gasteiger partial charge < -0.3 is 10.2 Å². The van der Waals surface area contributed by atoms with Crippen molar-refractivity contribution in [2.45, 2.75) is 56.2 Å². The first-order valence-electron chi connectivity index (χ1n) is 8.75. The maximum absolute atomic E-state index is 14.2. The molecule has 0 aromatic carbocycles. The van der Waals surface area contributed by atoms with E-state index in [0.717, 1.165) is 36.6 Å². The lowest BCUT2D eigenvalue weighted by atomic mass is 9.78. The molecule has 1 saturated heterocycles. The minimum absolute atomic E-state index is 0.0341. The molecular weight excluding hydrogens is 295 g/mol. The number of anilines is 1. The number of aromatic nitrogens is 2. The van der Waals surface area contributed by atoms with Crippen LogP contribution in [0.1, 0.15) is 61.7 Å². The van der Waals surface area contributed by atoms with E-state index in [1.54, 1.807) is 4.90 Å². The Balaban J connectivity index is 1.41. The molecule has 23 heavy (non-hydrogen) atoms. The average molecular weight is 316 g/mol. The Kier molecular flexibility index (Phi) is 2.77. The molecule has 5 aliphatic rings. The zero-order valence-electron chi connectivity index (χ0n) is 13.1. The van der Waals surface area contributed by atoms with E-state index in [2.05, 4.69) is 10.3 Å². The maximum atomic E-state index is 14.2. The van der Waals surface area contributed by atoms with E-state index in [4.69, 9.17) is 4.98 Å². The highest BCUT2D eigenvalue weighted by atomic mass is 19.1. The molecule has 2 bridgehead atoms. The number of amides is 1. The third-order valence-corrected chi connectivity index (χ3v) is 5.75. The van der Waals surface area contributed by atoms with Gasteiger partial charge in [0.2, 0.25) is 5.95 Å². The molecule has 6 heteroatoms. The second-order valence-electron chi connectivity index (χ2n) is 7.57. The number of piperidine rings is 1. The molecule has 6 rings (SSSR count). The van der Waals surface area contributed by atoms with Gasteiger partial charge in [-0.1, -0.05) is 0 Å². The van der Waals surface area contributed by atoms with Crippen LogP contribution in [0.4, 0.5) is 10.3 Å². The molecule has 3 heterocycles. The van der Waals surface area contributed by atoms with Crippen LogP contribution in [0.25, 0.3) is 0 Å². The minimum atomic E-state index is -1.58. The Morgan fingerprint density at radius 3 is 2.91 bits per heavy atom. The van der Waals surface area contributed by atoms with Gasteiger partial charge in [-0.05, 0) is 44.4 Å². The summed E-state index contributed by atoms with van der Waals surface area (Å²) in [5.41, 5.74) is 0.522. The van der Waals surface area contributed by atoms with Crippen molar-refractivity contribution in [1.82, 2.24) is 14.9 Å². The Morgan fingerprint density at radius 1 is 1.35 bits per heavy atom. The molecule has 2 atom stereocenters. The monoisotopic (exact) mass is 316 g/mol. The number of rotatable bonds is 4. The third kappa shape index (κ3) is 2.22. The number of fused-ring (bicyclic) bond motifs is 2. The first kappa shape index (κ1) is 13.7. The molecule has 3 aliphatic carbocycles. The topological polar surface area (TPSA) is 58.1 Å². The van der Waals surface area contributed by atoms with Gasteiger partial charge in [-0.3, -0.25) is 4.79 Å². The largest absolute Gasteiger partial charge is 0.354 e. The van der Waals surface area contributed by atoms with Gasteiger partial charge in [0, 0.05) is 30.8 Å². The van der Waals surface area contributed by atoms with E-state index in [1.165, 1.54) is 12.8 Å². The summed E-state index contributed by atoms with van der Waals surface area (Å²) in [7, 11) is 0. The van der Waals surface area contributed by atoms with Crippen molar-refractivity contribution in [3.05, 3.63) is 17.5 Å². The van der Waals surface area contributed by atoms with E-state index in [0.29, 0.717) is 25.3 Å². The van der Waals surface area contributed by atoms with E-state index in [9.17, 15) is 9.18 Å². The van der Waals surface area contributed by atoms with Crippen LogP contribution in [0.2, 0.25) is 0 Å². The number of halogens is 1. The normalized spacial score (nSPS) is 30.0. The second kappa shape index (κ2) is 4.65. The summed E-state index contributed by atoms with van der Waals surface area (Å²) >= 11 is 0. The van der Waals surface area contributed by atoms with Crippen LogP contribution in [-0.4, -0.2) is 39.5 Å². The van der Waals surface area contributed by atoms with Gasteiger partial charge in [0.25, 0.3) is 5.91 Å². The van der Waals surface area contributed by atoms with Crippen LogP contribution >= 0.6 is 0 Å². The molecule has 1 aromatic heterocycles. The van der Waals surface area contributed by atoms with Crippen molar-refractivity contribution in [3.63, 3.8) is 0 Å². The highest BCUT2D eigenvalue weighted by Crippen LogP contribution is 2.50. The number of nitrogens with one attached hydrogen (secondary N) is 1. The first-order valence-corrected chi connectivity index (χ1v) is 8.75. The van der Waals surface area contributed by atoms with E-state index in [1.807, 2.05) is 6.20 Å². The van der Waals surface area contributed by atoms with Crippen molar-refractivity contribution in [2.75, 3.05) is 18.4 Å². The van der Waals surface area contributed by atoms with Gasteiger partial charge >= 0.3 is 0 Å². The molecule has 3 fully saturated rings. The lowest BCUT2D eigenvalue weighted by Crippen LogP contribution is -2.49. The smallest absolute Gasteiger partial charge is 0.260 e. The predicted octanol–water partition coefficient (Wildman–Crippen LogP) is 2.56. The molecule has 122 valence electrons. The Morgan fingerprint density at radius 2 is 2.17 bits per heavy atom. The molecule has 5 nitrogen and oxygen atoms in total. The van der Waals surface area contributed by atoms with Crippen molar-refractivity contribution in [3.8, 4) is 0 Å². The van der Waals surface area contributed by atoms with Crippen LogP contribution in [0.3, 0.4) is 0 Å². The summed E-state index contributed by atoms with van der Waals surface area (Å²) in [6.45, 7) is 1.56. The number of nitrogens with zero attached hydrogens (tertiary/aromatic N) is 3. The van der Waals surface area contributed by atoms with Crippen molar-refractivity contribution >= 4 is 11.9 Å². The van der Waals surface area contributed by atoms with Crippen molar-refractivity contribution in [1.29, 1.82) is 0 Å². The Bertz CT molecular complexity index is 671. The van der Waals surface area contributed by atoms with Crippen LogP contribution < -0.4 is 5.32 Å². The summed E-state index contributed by atoms with van der Waals surface area (Å²) in [6.07, 6.45) is 7.14. The lowest BCUT2D eigenvalue weighted by Gasteiger charge is -2.46. The maximum Gasteiger partial charge on any atom is 0.260 e. The second-order valence-corrected chi connectivity index (χ2v) is 7.57. The minimum Gasteiger partial charge on any atom is -0.354 e. The summed E-state index contributed by atoms with van der Waals surface area (Å²) in [4.78, 5) is 23.3. The van der Waals surface area contributed by atoms with E-state index in [-0.39, 0.29) is 17.9 Å². The highest BCUT2D eigenvalue weighted by Gasteiger charge is 2.56. The van der Waals surface area contributed by atoms with Crippen LogP contribution in [0, 0.1) is 5.92 Å². The zero-order chi connectivity index (χ0) is 15.6. The molecule has 2 aliphatic heterocycles. The van der Waals surface area contributed by atoms with Gasteiger partial charge in [-0.15, -0.1) is 0 Å². The molecular formula is C17H21FN4O. The average Bonchev–Trinajstić information content (AvgIpc) is 3.50. The quantitative estimate of drug-likeness (QED) is 0.927. The molecule has 2 saturated carbocycles. The Hall–Kier alpha value is -1.72. The van der Waals surface area contributed by atoms with Gasteiger partial charge in [-0.2, -0.15) is 0 Å². The molecule has 0 radical (unpaired) electrons. The van der Waals surface area contributed by atoms with Crippen LogP contribution in [-0.2, 0) is 4.79 Å². The number of carbonyl (C=O) groups is 1.